The van der Waals surface area contributed by atoms with Crippen molar-refractivity contribution in [3.05, 3.63) is 119 Å². The van der Waals surface area contributed by atoms with Crippen LogP contribution in [0.1, 0.15) is 80.5 Å². The summed E-state index contributed by atoms with van der Waals surface area (Å²) in [6.45, 7) is 7.16. The molecule has 1 amide bonds. The molecule has 0 spiro atoms. The van der Waals surface area contributed by atoms with Crippen LogP contribution in [0.3, 0.4) is 0 Å². The summed E-state index contributed by atoms with van der Waals surface area (Å²) < 4.78 is 35.9. The van der Waals surface area contributed by atoms with Crippen LogP contribution >= 0.6 is 0 Å². The molecule has 0 unspecified atom stereocenters. The molecular formula is C47H60N2O7. The number of hydrogen-bond acceptors (Lipinski definition) is 8. The van der Waals surface area contributed by atoms with Gasteiger partial charge < -0.3 is 39.1 Å². The molecule has 2 aliphatic rings. The third-order valence-electron chi connectivity index (χ3n) is 11.1. The summed E-state index contributed by atoms with van der Waals surface area (Å²) in [5.41, 5.74) is 4.59. The Hall–Kier alpha value is -4.57. The summed E-state index contributed by atoms with van der Waals surface area (Å²) >= 11 is 0. The second-order valence-corrected chi connectivity index (χ2v) is 15.2. The predicted octanol–water partition coefficient (Wildman–Crippen LogP) is 8.56. The highest BCUT2D eigenvalue weighted by Crippen LogP contribution is 2.44. The van der Waals surface area contributed by atoms with E-state index in [1.165, 1.54) is 18.4 Å². The van der Waals surface area contributed by atoms with Crippen LogP contribution in [0.2, 0.25) is 0 Å². The van der Waals surface area contributed by atoms with E-state index in [4.69, 9.17) is 28.4 Å². The van der Waals surface area contributed by atoms with Crippen molar-refractivity contribution in [2.75, 3.05) is 46.6 Å². The smallest absolute Gasteiger partial charge is 0.223 e. The van der Waals surface area contributed by atoms with Crippen molar-refractivity contribution in [3.8, 4) is 23.0 Å². The van der Waals surface area contributed by atoms with Gasteiger partial charge in [0.25, 0.3) is 0 Å². The van der Waals surface area contributed by atoms with Crippen LogP contribution in [-0.4, -0.2) is 58.6 Å². The van der Waals surface area contributed by atoms with E-state index in [1.807, 2.05) is 54.6 Å². The van der Waals surface area contributed by atoms with Crippen LogP contribution in [0, 0.1) is 5.92 Å². The van der Waals surface area contributed by atoms with Gasteiger partial charge in [0.2, 0.25) is 5.91 Å². The Labute approximate surface area is 333 Å². The van der Waals surface area contributed by atoms with E-state index in [0.29, 0.717) is 59.3 Å². The van der Waals surface area contributed by atoms with Crippen molar-refractivity contribution in [1.29, 1.82) is 0 Å². The lowest BCUT2D eigenvalue weighted by Crippen LogP contribution is -2.38. The number of rotatable bonds is 22. The molecule has 0 atom stereocenters. The van der Waals surface area contributed by atoms with E-state index in [2.05, 4.69) is 60.0 Å². The first-order valence-electron chi connectivity index (χ1n) is 20.4. The van der Waals surface area contributed by atoms with E-state index in [0.717, 1.165) is 78.2 Å². The van der Waals surface area contributed by atoms with Crippen molar-refractivity contribution in [3.63, 3.8) is 0 Å². The van der Waals surface area contributed by atoms with Gasteiger partial charge in [-0.3, -0.25) is 4.79 Å². The molecule has 4 aromatic carbocycles. The number of methoxy groups -OCH3 is 1. The molecule has 300 valence electrons. The molecule has 9 heteroatoms. The van der Waals surface area contributed by atoms with Crippen LogP contribution in [-0.2, 0) is 39.4 Å². The normalized spacial score (nSPS) is 18.4. The zero-order chi connectivity index (χ0) is 38.8. The van der Waals surface area contributed by atoms with Crippen LogP contribution in [0.5, 0.6) is 23.0 Å². The Bertz CT molecular complexity index is 1760. The largest absolute Gasteiger partial charge is 0.493 e. The molecule has 56 heavy (non-hydrogen) atoms. The molecule has 0 radical (unpaired) electrons. The van der Waals surface area contributed by atoms with Crippen molar-refractivity contribution < 1.29 is 33.2 Å². The fraction of sp³-hybridized carbons (Fsp3) is 0.468. The van der Waals surface area contributed by atoms with Gasteiger partial charge in [-0.15, -0.1) is 0 Å². The predicted molar refractivity (Wildman–Crippen MR) is 220 cm³/mol. The number of benzene rings is 4. The number of carbonyl (C=O) groups excluding carboxylic acids is 1. The van der Waals surface area contributed by atoms with Crippen molar-refractivity contribution in [2.24, 2.45) is 5.92 Å². The second kappa shape index (κ2) is 21.7. The fourth-order valence-corrected chi connectivity index (χ4v) is 7.59. The maximum Gasteiger partial charge on any atom is 0.223 e. The highest BCUT2D eigenvalue weighted by atomic mass is 16.5. The monoisotopic (exact) mass is 764 g/mol. The lowest BCUT2D eigenvalue weighted by Gasteiger charge is -2.37. The lowest BCUT2D eigenvalue weighted by atomic mass is 9.68. The Morgan fingerprint density at radius 2 is 1.29 bits per heavy atom. The van der Waals surface area contributed by atoms with Crippen LogP contribution in [0.15, 0.2) is 97.1 Å². The first kappa shape index (κ1) is 41.1. The second-order valence-electron chi connectivity index (χ2n) is 15.2. The lowest BCUT2D eigenvalue weighted by molar-refractivity contribution is -0.126. The molecule has 2 aliphatic carbocycles. The van der Waals surface area contributed by atoms with E-state index in [9.17, 15) is 4.79 Å². The summed E-state index contributed by atoms with van der Waals surface area (Å²) in [7, 11) is 1.70. The minimum atomic E-state index is 0.0142. The molecule has 2 saturated carbocycles. The minimum Gasteiger partial charge on any atom is -0.493 e. The third-order valence-corrected chi connectivity index (χ3v) is 11.1. The first-order valence-corrected chi connectivity index (χ1v) is 20.4. The number of nitrogens with one attached hydrogen (secondary N) is 2. The van der Waals surface area contributed by atoms with Crippen molar-refractivity contribution in [1.82, 2.24) is 10.6 Å². The summed E-state index contributed by atoms with van der Waals surface area (Å²) in [6, 6.07) is 32.7. The van der Waals surface area contributed by atoms with Gasteiger partial charge in [0.1, 0.15) is 13.2 Å². The van der Waals surface area contributed by atoms with Gasteiger partial charge in [0.05, 0.1) is 39.6 Å². The molecule has 0 aliphatic heterocycles. The van der Waals surface area contributed by atoms with Crippen LogP contribution in [0.25, 0.3) is 0 Å². The maximum absolute atomic E-state index is 13.0. The zero-order valence-electron chi connectivity index (χ0n) is 33.3. The minimum absolute atomic E-state index is 0.0142. The van der Waals surface area contributed by atoms with Gasteiger partial charge in [-0.25, -0.2) is 0 Å². The molecular weight excluding hydrogens is 705 g/mol. The molecule has 0 heterocycles. The van der Waals surface area contributed by atoms with Crippen LogP contribution in [0.4, 0.5) is 0 Å². The summed E-state index contributed by atoms with van der Waals surface area (Å²) in [4.78, 5) is 13.0. The number of ether oxygens (including phenoxy) is 6. The molecule has 9 nitrogen and oxygen atoms in total. The van der Waals surface area contributed by atoms with Gasteiger partial charge in [-0.2, -0.15) is 0 Å². The highest BCUT2D eigenvalue weighted by Gasteiger charge is 2.36. The van der Waals surface area contributed by atoms with E-state index < -0.39 is 0 Å². The number of amides is 1. The van der Waals surface area contributed by atoms with E-state index in [-0.39, 0.29) is 23.3 Å². The van der Waals surface area contributed by atoms with Gasteiger partial charge >= 0.3 is 0 Å². The van der Waals surface area contributed by atoms with E-state index >= 15 is 0 Å². The third kappa shape index (κ3) is 12.5. The molecule has 2 fully saturated rings. The number of hydrogen-bond donors (Lipinski definition) is 2. The summed E-state index contributed by atoms with van der Waals surface area (Å²) in [5, 5.41) is 6.54. The standard InChI is InChI=1S/C47H60N2O7/c1-47(40-18-20-42(51-2)45(32-40)56-41-15-9-10-16-41)23-21-39(22-24-47)46(50)49-26-28-53-30-29-52-27-25-48-33-38-17-19-43(54-34-36-11-5-3-6-12-36)44(31-38)55-35-37-13-7-4-8-14-37/h3-8,11-14,17-20,31-32,39,41,48H,9-10,15-16,21-30,33-35H2,1-2H3,(H,49,50). The van der Waals surface area contributed by atoms with Gasteiger partial charge in [-0.05, 0) is 103 Å². The molecule has 0 bridgehead atoms. The first-order chi connectivity index (χ1) is 27.5. The van der Waals surface area contributed by atoms with Crippen molar-refractivity contribution in [2.45, 2.75) is 89.6 Å². The molecule has 0 aromatic heterocycles. The Morgan fingerprint density at radius 3 is 1.95 bits per heavy atom. The topological polar surface area (TPSA) is 96.5 Å². The average molecular weight is 765 g/mol. The SMILES string of the molecule is COc1ccc(C2(C)CCC(C(=O)NCCOCCOCCNCc3ccc(OCc4ccccc4)c(OCc4ccccc4)c3)CC2)cc1OC1CCCC1. The fourth-order valence-electron chi connectivity index (χ4n) is 7.59. The molecule has 4 aromatic rings. The Kier molecular flexibility index (Phi) is 15.9. The maximum atomic E-state index is 13.0. The zero-order valence-corrected chi connectivity index (χ0v) is 33.3. The molecule has 6 rings (SSSR count). The molecule has 0 saturated heterocycles. The summed E-state index contributed by atoms with van der Waals surface area (Å²) in [5.74, 6) is 3.25. The quantitative estimate of drug-likeness (QED) is 0.0770. The Morgan fingerprint density at radius 1 is 0.661 bits per heavy atom. The van der Waals surface area contributed by atoms with Gasteiger partial charge in [0, 0.05) is 25.6 Å². The van der Waals surface area contributed by atoms with Gasteiger partial charge in [0.15, 0.2) is 23.0 Å². The highest BCUT2D eigenvalue weighted by molar-refractivity contribution is 5.78. The molecule has 2 N–H and O–H groups in total. The summed E-state index contributed by atoms with van der Waals surface area (Å²) in [6.07, 6.45) is 8.61. The van der Waals surface area contributed by atoms with E-state index in [1.54, 1.807) is 7.11 Å². The average Bonchev–Trinajstić information content (AvgIpc) is 3.75. The Balaban J connectivity index is 0.827. The van der Waals surface area contributed by atoms with Gasteiger partial charge in [-0.1, -0.05) is 79.7 Å². The van der Waals surface area contributed by atoms with Crippen molar-refractivity contribution >= 4 is 5.91 Å². The van der Waals surface area contributed by atoms with Crippen LogP contribution < -0.4 is 29.6 Å². The number of carbonyl (C=O) groups is 1.